The second kappa shape index (κ2) is 8.86. The summed E-state index contributed by atoms with van der Waals surface area (Å²) in [6, 6.07) is 29.4. The van der Waals surface area contributed by atoms with Crippen LogP contribution >= 0.6 is 0 Å². The van der Waals surface area contributed by atoms with Crippen LogP contribution in [0.1, 0.15) is 17.3 Å². The first kappa shape index (κ1) is 19.7. The Morgan fingerprint density at radius 2 is 1.72 bits per heavy atom. The second-order valence-electron chi connectivity index (χ2n) is 7.61. The molecule has 5 aromatic rings. The fraction of sp³-hybridized carbons (Fsp3) is 0.0741. The van der Waals surface area contributed by atoms with E-state index < -0.39 is 6.04 Å². The molecular formula is C27H22N3O2+. The van der Waals surface area contributed by atoms with Crippen molar-refractivity contribution in [3.8, 4) is 17.0 Å². The number of ether oxygens (including phenoxy) is 1. The molecule has 3 aromatic carbocycles. The highest BCUT2D eigenvalue weighted by atomic mass is 16.5. The zero-order valence-corrected chi connectivity index (χ0v) is 17.4. The van der Waals surface area contributed by atoms with Gasteiger partial charge in [0.05, 0.1) is 17.0 Å². The number of carbonyl (C=O) groups excluding carboxylic acids is 1. The van der Waals surface area contributed by atoms with Crippen LogP contribution in [0.3, 0.4) is 0 Å². The number of hydrogen-bond acceptors (Lipinski definition) is 3. The Morgan fingerprint density at radius 1 is 0.906 bits per heavy atom. The summed E-state index contributed by atoms with van der Waals surface area (Å²) in [7, 11) is 0. The molecule has 5 nitrogen and oxygen atoms in total. The molecule has 0 aliphatic rings. The Kier molecular flexibility index (Phi) is 5.45. The van der Waals surface area contributed by atoms with Gasteiger partial charge in [-0.15, -0.1) is 0 Å². The molecule has 5 heteroatoms. The molecule has 0 saturated carbocycles. The Hall–Kier alpha value is -4.25. The van der Waals surface area contributed by atoms with E-state index in [0.29, 0.717) is 6.61 Å². The molecule has 0 saturated heterocycles. The van der Waals surface area contributed by atoms with Crippen molar-refractivity contribution >= 4 is 17.1 Å². The predicted octanol–water partition coefficient (Wildman–Crippen LogP) is 4.88. The highest BCUT2D eigenvalue weighted by molar-refractivity contribution is 5.83. The highest BCUT2D eigenvalue weighted by Gasteiger charge is 2.21. The largest absolute Gasteiger partial charge is 0.487 e. The van der Waals surface area contributed by atoms with Crippen LogP contribution in [0.2, 0.25) is 0 Å². The first-order valence-electron chi connectivity index (χ1n) is 10.5. The van der Waals surface area contributed by atoms with E-state index in [-0.39, 0.29) is 0 Å². The summed E-state index contributed by atoms with van der Waals surface area (Å²) in [4.78, 5) is 12.1. The van der Waals surface area contributed by atoms with Crippen molar-refractivity contribution in [2.24, 2.45) is 0 Å². The van der Waals surface area contributed by atoms with E-state index in [9.17, 15) is 4.79 Å². The number of nitrogens with zero attached hydrogens (tertiary/aromatic N) is 2. The van der Waals surface area contributed by atoms with Gasteiger partial charge in [-0.3, -0.25) is 9.89 Å². The lowest BCUT2D eigenvalue weighted by Crippen LogP contribution is -2.40. The Balaban J connectivity index is 1.38. The smallest absolute Gasteiger partial charge is 0.238 e. The van der Waals surface area contributed by atoms with Gasteiger partial charge in [0.25, 0.3) is 0 Å². The molecule has 2 aromatic heterocycles. The molecule has 0 amide bonds. The lowest BCUT2D eigenvalue weighted by Gasteiger charge is -2.08. The topological polar surface area (TPSA) is 58.9 Å². The van der Waals surface area contributed by atoms with E-state index in [0.717, 1.165) is 45.3 Å². The standard InChI is InChI=1S/C27H22N3O2/c31-18-27(22-13-12-20-7-4-5-8-21(20)15-22)30-14-6-9-23(17-30)26-16-24(28-29-26)19-32-25-10-2-1-3-11-25/h1-18,27H,19H2,(H,28,29)/q+1. The van der Waals surface area contributed by atoms with Crippen LogP contribution in [-0.2, 0) is 11.4 Å². The third-order valence-electron chi connectivity index (χ3n) is 5.45. The Morgan fingerprint density at radius 3 is 2.56 bits per heavy atom. The number of pyridine rings is 1. The van der Waals surface area contributed by atoms with E-state index in [4.69, 9.17) is 4.74 Å². The quantitative estimate of drug-likeness (QED) is 0.301. The van der Waals surface area contributed by atoms with Crippen LogP contribution in [0.5, 0.6) is 5.75 Å². The van der Waals surface area contributed by atoms with Crippen molar-refractivity contribution in [3.63, 3.8) is 0 Å². The zero-order valence-electron chi connectivity index (χ0n) is 17.4. The summed E-state index contributed by atoms with van der Waals surface area (Å²) in [5, 5.41) is 9.74. The second-order valence-corrected chi connectivity index (χ2v) is 7.61. The first-order valence-corrected chi connectivity index (χ1v) is 10.5. The van der Waals surface area contributed by atoms with Gasteiger partial charge in [0.15, 0.2) is 18.7 Å². The molecule has 1 unspecified atom stereocenters. The minimum absolute atomic E-state index is 0.401. The van der Waals surface area contributed by atoms with Gasteiger partial charge in [-0.25, -0.2) is 0 Å². The molecule has 32 heavy (non-hydrogen) atoms. The lowest BCUT2D eigenvalue weighted by molar-refractivity contribution is -0.698. The van der Waals surface area contributed by atoms with Crippen LogP contribution in [0, 0.1) is 0 Å². The molecule has 0 fully saturated rings. The predicted molar refractivity (Wildman–Crippen MR) is 123 cm³/mol. The third kappa shape index (κ3) is 4.14. The van der Waals surface area contributed by atoms with E-state index in [2.05, 4.69) is 34.5 Å². The number of H-pyrrole nitrogens is 1. The van der Waals surface area contributed by atoms with Gasteiger partial charge in [0.1, 0.15) is 12.4 Å². The minimum atomic E-state index is -0.417. The average Bonchev–Trinajstić information content (AvgIpc) is 3.33. The van der Waals surface area contributed by atoms with Crippen LogP contribution in [0.15, 0.2) is 103 Å². The molecule has 1 N–H and O–H groups in total. The first-order chi connectivity index (χ1) is 15.8. The number of benzene rings is 3. The van der Waals surface area contributed by atoms with Crippen molar-refractivity contribution in [1.29, 1.82) is 0 Å². The van der Waals surface area contributed by atoms with E-state index in [1.54, 1.807) is 0 Å². The molecule has 0 spiro atoms. The summed E-state index contributed by atoms with van der Waals surface area (Å²) in [6.07, 6.45) is 4.83. The number of para-hydroxylation sites is 1. The molecule has 156 valence electrons. The van der Waals surface area contributed by atoms with Gasteiger partial charge < -0.3 is 4.74 Å². The van der Waals surface area contributed by atoms with Crippen molar-refractivity contribution in [2.45, 2.75) is 12.6 Å². The molecule has 5 rings (SSSR count). The van der Waals surface area contributed by atoms with Gasteiger partial charge in [0, 0.05) is 11.6 Å². The molecule has 2 heterocycles. The van der Waals surface area contributed by atoms with E-state index in [1.807, 2.05) is 83.7 Å². The monoisotopic (exact) mass is 420 g/mol. The van der Waals surface area contributed by atoms with Crippen LogP contribution in [0.4, 0.5) is 0 Å². The van der Waals surface area contributed by atoms with Gasteiger partial charge in [-0.2, -0.15) is 9.67 Å². The normalized spacial score (nSPS) is 11.9. The van der Waals surface area contributed by atoms with Crippen molar-refractivity contribution in [2.75, 3.05) is 0 Å². The van der Waals surface area contributed by atoms with E-state index in [1.165, 1.54) is 0 Å². The zero-order chi connectivity index (χ0) is 21.8. The van der Waals surface area contributed by atoms with Gasteiger partial charge >= 0.3 is 0 Å². The van der Waals surface area contributed by atoms with Crippen molar-refractivity contribution in [3.05, 3.63) is 115 Å². The third-order valence-corrected chi connectivity index (χ3v) is 5.45. The van der Waals surface area contributed by atoms with Gasteiger partial charge in [-0.05, 0) is 41.1 Å². The molecule has 0 aliphatic carbocycles. The van der Waals surface area contributed by atoms with Crippen LogP contribution in [-0.4, -0.2) is 16.5 Å². The molecule has 0 aliphatic heterocycles. The maximum Gasteiger partial charge on any atom is 0.238 e. The number of aromatic nitrogens is 3. The number of aldehydes is 1. The number of fused-ring (bicyclic) bond motifs is 1. The Bertz CT molecular complexity index is 1360. The molecule has 0 bridgehead atoms. The summed E-state index contributed by atoms with van der Waals surface area (Å²) >= 11 is 0. The van der Waals surface area contributed by atoms with Gasteiger partial charge in [0.2, 0.25) is 6.04 Å². The van der Waals surface area contributed by atoms with Crippen LogP contribution < -0.4 is 9.30 Å². The van der Waals surface area contributed by atoms with E-state index >= 15 is 0 Å². The lowest BCUT2D eigenvalue weighted by atomic mass is 10.0. The molecule has 1 atom stereocenters. The maximum absolute atomic E-state index is 12.1. The highest BCUT2D eigenvalue weighted by Crippen LogP contribution is 2.21. The number of hydrogen-bond donors (Lipinski definition) is 1. The number of nitrogens with one attached hydrogen (secondary N) is 1. The van der Waals surface area contributed by atoms with Crippen LogP contribution in [0.25, 0.3) is 22.0 Å². The SMILES string of the molecule is O=CC(c1ccc2ccccc2c1)[n+]1cccc(-c2cc(COc3ccccc3)[nH]n2)c1. The maximum atomic E-state index is 12.1. The summed E-state index contributed by atoms with van der Waals surface area (Å²) in [6.45, 7) is 0.401. The minimum Gasteiger partial charge on any atom is -0.487 e. The fourth-order valence-electron chi connectivity index (χ4n) is 3.79. The van der Waals surface area contributed by atoms with Crippen molar-refractivity contribution in [1.82, 2.24) is 10.2 Å². The number of rotatable bonds is 7. The van der Waals surface area contributed by atoms with Gasteiger partial charge in [-0.1, -0.05) is 54.6 Å². The fourth-order valence-corrected chi connectivity index (χ4v) is 3.79. The number of carbonyl (C=O) groups is 1. The molecule has 0 radical (unpaired) electrons. The summed E-state index contributed by atoms with van der Waals surface area (Å²) in [5.74, 6) is 0.811. The molecular weight excluding hydrogens is 398 g/mol. The number of aromatic amines is 1. The Labute approximate surface area is 185 Å². The summed E-state index contributed by atoms with van der Waals surface area (Å²) in [5.41, 5.74) is 3.54. The summed E-state index contributed by atoms with van der Waals surface area (Å²) < 4.78 is 7.71. The van der Waals surface area contributed by atoms with Crippen molar-refractivity contribution < 1.29 is 14.1 Å². The average molecular weight is 420 g/mol.